The molecule has 1 fully saturated rings. The number of hydrogen-bond donors (Lipinski definition) is 1. The van der Waals surface area contributed by atoms with Crippen LogP contribution in [0.3, 0.4) is 0 Å². The van der Waals surface area contributed by atoms with Gasteiger partial charge in [-0.2, -0.15) is 0 Å². The van der Waals surface area contributed by atoms with Crippen molar-refractivity contribution in [3.05, 3.63) is 35.6 Å². The van der Waals surface area contributed by atoms with E-state index in [1.807, 2.05) is 43.7 Å². The van der Waals surface area contributed by atoms with E-state index in [2.05, 4.69) is 10.2 Å². The van der Waals surface area contributed by atoms with E-state index in [4.69, 9.17) is 9.73 Å². The Kier molecular flexibility index (Phi) is 10.0. The Balaban J connectivity index is 2.18. The number of benzene rings is 1. The number of rotatable bonds is 9. The first-order valence-electron chi connectivity index (χ1n) is 10.8. The zero-order valence-corrected chi connectivity index (χ0v) is 18.7. The summed E-state index contributed by atoms with van der Waals surface area (Å²) in [6.07, 6.45) is 0. The van der Waals surface area contributed by atoms with E-state index in [1.165, 1.54) is 6.07 Å². The molecule has 1 saturated heterocycles. The van der Waals surface area contributed by atoms with Crippen molar-refractivity contribution >= 4 is 11.9 Å². The third-order valence-corrected chi connectivity index (χ3v) is 5.32. The first-order chi connectivity index (χ1) is 14.5. The Morgan fingerprint density at radius 2 is 1.97 bits per heavy atom. The monoisotopic (exact) mass is 421 g/mol. The highest BCUT2D eigenvalue weighted by Gasteiger charge is 2.23. The van der Waals surface area contributed by atoms with Gasteiger partial charge in [-0.05, 0) is 38.5 Å². The molecule has 7 nitrogen and oxygen atoms in total. The van der Waals surface area contributed by atoms with Gasteiger partial charge in [0.2, 0.25) is 5.91 Å². The summed E-state index contributed by atoms with van der Waals surface area (Å²) in [4.78, 5) is 23.3. The lowest BCUT2D eigenvalue weighted by molar-refractivity contribution is -0.131. The number of halogens is 1. The van der Waals surface area contributed by atoms with Crippen LogP contribution in [0.15, 0.2) is 29.3 Å². The molecule has 1 unspecified atom stereocenters. The molecule has 30 heavy (non-hydrogen) atoms. The summed E-state index contributed by atoms with van der Waals surface area (Å²) in [6, 6.07) is 6.67. The number of carbonyl (C=O) groups excluding carboxylic acids is 1. The van der Waals surface area contributed by atoms with E-state index in [9.17, 15) is 9.18 Å². The maximum Gasteiger partial charge on any atom is 0.242 e. The van der Waals surface area contributed by atoms with Crippen molar-refractivity contribution in [1.82, 2.24) is 20.0 Å². The van der Waals surface area contributed by atoms with Crippen LogP contribution in [0.25, 0.3) is 0 Å². The summed E-state index contributed by atoms with van der Waals surface area (Å²) >= 11 is 0. The number of ether oxygens (including phenoxy) is 1. The number of amides is 1. The number of nitrogens with one attached hydrogen (secondary N) is 1. The Morgan fingerprint density at radius 3 is 2.57 bits per heavy atom. The molecule has 0 aromatic heterocycles. The van der Waals surface area contributed by atoms with Crippen molar-refractivity contribution in [3.63, 3.8) is 0 Å². The van der Waals surface area contributed by atoms with Gasteiger partial charge >= 0.3 is 0 Å². The molecule has 0 spiro atoms. The van der Waals surface area contributed by atoms with Crippen LogP contribution < -0.4 is 5.32 Å². The molecule has 0 aliphatic carbocycles. The number of guanidine groups is 1. The molecule has 0 radical (unpaired) electrons. The number of aliphatic imine (C=N–C) groups is 1. The maximum absolute atomic E-state index is 13.9. The van der Waals surface area contributed by atoms with E-state index in [0.717, 1.165) is 18.7 Å². The molecule has 0 bridgehead atoms. The normalized spacial score (nSPS) is 16.2. The first-order valence-corrected chi connectivity index (χ1v) is 10.8. The maximum atomic E-state index is 13.9. The lowest BCUT2D eigenvalue weighted by Gasteiger charge is -2.34. The van der Waals surface area contributed by atoms with Gasteiger partial charge in [-0.3, -0.25) is 14.7 Å². The van der Waals surface area contributed by atoms with Crippen LogP contribution in [0.1, 0.15) is 32.4 Å². The van der Waals surface area contributed by atoms with Gasteiger partial charge in [0.15, 0.2) is 5.96 Å². The molecular formula is C22H36FN5O2. The average Bonchev–Trinajstić information content (AvgIpc) is 2.74. The van der Waals surface area contributed by atoms with Gasteiger partial charge < -0.3 is 19.9 Å². The fourth-order valence-electron chi connectivity index (χ4n) is 3.63. The minimum absolute atomic E-state index is 0.0508. The molecule has 1 aliphatic rings. The summed E-state index contributed by atoms with van der Waals surface area (Å²) in [5, 5.41) is 3.27. The number of hydrogen-bond acceptors (Lipinski definition) is 4. The fourth-order valence-corrected chi connectivity index (χ4v) is 3.63. The van der Waals surface area contributed by atoms with Crippen LogP contribution >= 0.6 is 0 Å². The number of carbonyl (C=O) groups is 1. The van der Waals surface area contributed by atoms with E-state index in [0.29, 0.717) is 45.4 Å². The van der Waals surface area contributed by atoms with Crippen LogP contribution in [-0.4, -0.2) is 92.6 Å². The Bertz CT molecular complexity index is 690. The van der Waals surface area contributed by atoms with Crippen molar-refractivity contribution in [1.29, 1.82) is 0 Å². The molecule has 1 amide bonds. The number of morpholine rings is 1. The highest BCUT2D eigenvalue weighted by Crippen LogP contribution is 2.23. The van der Waals surface area contributed by atoms with E-state index in [-0.39, 0.29) is 24.3 Å². The molecule has 1 N–H and O–H groups in total. The van der Waals surface area contributed by atoms with Crippen LogP contribution in [0.4, 0.5) is 4.39 Å². The Morgan fingerprint density at radius 1 is 1.27 bits per heavy atom. The smallest absolute Gasteiger partial charge is 0.242 e. The summed E-state index contributed by atoms with van der Waals surface area (Å²) in [7, 11) is 1.87. The SMILES string of the molecule is CCNC(=NCC(c1cccc(F)c1)N1CCOCC1)N(C)CC(=O)N(CC)CC. The summed E-state index contributed by atoms with van der Waals surface area (Å²) in [5.41, 5.74) is 0.901. The summed E-state index contributed by atoms with van der Waals surface area (Å²) < 4.78 is 19.4. The Hall–Kier alpha value is -2.19. The first kappa shape index (κ1) is 24.1. The molecule has 0 saturated carbocycles. The Labute approximate surface area is 179 Å². The highest BCUT2D eigenvalue weighted by atomic mass is 19.1. The summed E-state index contributed by atoms with van der Waals surface area (Å²) in [6.45, 7) is 11.6. The quantitative estimate of drug-likeness (QED) is 0.488. The van der Waals surface area contributed by atoms with E-state index >= 15 is 0 Å². The molecule has 1 heterocycles. The zero-order chi connectivity index (χ0) is 21.9. The third-order valence-electron chi connectivity index (χ3n) is 5.32. The topological polar surface area (TPSA) is 60.4 Å². The fraction of sp³-hybridized carbons (Fsp3) is 0.636. The lowest BCUT2D eigenvalue weighted by Crippen LogP contribution is -2.46. The standard InChI is InChI=1S/C22H36FN5O2/c1-5-24-22(26(4)17-21(29)27(6-2)7-3)25-16-20(28-11-13-30-14-12-28)18-9-8-10-19(23)15-18/h8-10,15,20H,5-7,11-14,16-17H2,1-4H3,(H,24,25). The molecule has 1 aliphatic heterocycles. The van der Waals surface area contributed by atoms with E-state index in [1.54, 1.807) is 12.1 Å². The van der Waals surface area contributed by atoms with Crippen molar-refractivity contribution < 1.29 is 13.9 Å². The largest absolute Gasteiger partial charge is 0.379 e. The molecule has 1 atom stereocenters. The predicted molar refractivity (Wildman–Crippen MR) is 118 cm³/mol. The third kappa shape index (κ3) is 6.95. The minimum Gasteiger partial charge on any atom is -0.379 e. The zero-order valence-electron chi connectivity index (χ0n) is 18.7. The minimum atomic E-state index is -0.247. The van der Waals surface area contributed by atoms with Crippen molar-refractivity contribution in [3.8, 4) is 0 Å². The molecule has 1 aromatic rings. The van der Waals surface area contributed by atoms with Crippen LogP contribution in [-0.2, 0) is 9.53 Å². The molecule has 1 aromatic carbocycles. The highest BCUT2D eigenvalue weighted by molar-refractivity contribution is 5.86. The molecule has 8 heteroatoms. The van der Waals surface area contributed by atoms with Crippen LogP contribution in [0, 0.1) is 5.82 Å². The molecule has 2 rings (SSSR count). The van der Waals surface area contributed by atoms with Gasteiger partial charge in [0.25, 0.3) is 0 Å². The van der Waals surface area contributed by atoms with Gasteiger partial charge in [0.1, 0.15) is 5.82 Å². The van der Waals surface area contributed by atoms with Crippen molar-refractivity contribution in [2.24, 2.45) is 4.99 Å². The molecule has 168 valence electrons. The predicted octanol–water partition coefficient (Wildman–Crippen LogP) is 1.96. The molecular weight excluding hydrogens is 385 g/mol. The second-order valence-corrected chi connectivity index (χ2v) is 7.34. The van der Waals surface area contributed by atoms with Gasteiger partial charge in [-0.1, -0.05) is 12.1 Å². The average molecular weight is 422 g/mol. The number of nitrogens with zero attached hydrogens (tertiary/aromatic N) is 4. The second kappa shape index (κ2) is 12.5. The van der Waals surface area contributed by atoms with Crippen LogP contribution in [0.2, 0.25) is 0 Å². The van der Waals surface area contributed by atoms with Gasteiger partial charge in [-0.15, -0.1) is 0 Å². The lowest BCUT2D eigenvalue weighted by atomic mass is 10.0. The van der Waals surface area contributed by atoms with Crippen molar-refractivity contribution in [2.75, 3.05) is 66.1 Å². The second-order valence-electron chi connectivity index (χ2n) is 7.34. The van der Waals surface area contributed by atoms with Gasteiger partial charge in [0.05, 0.1) is 32.3 Å². The van der Waals surface area contributed by atoms with Gasteiger partial charge in [-0.25, -0.2) is 4.39 Å². The van der Waals surface area contributed by atoms with Crippen LogP contribution in [0.5, 0.6) is 0 Å². The van der Waals surface area contributed by atoms with Crippen molar-refractivity contribution in [2.45, 2.75) is 26.8 Å². The van der Waals surface area contributed by atoms with Gasteiger partial charge in [0, 0.05) is 39.8 Å². The summed E-state index contributed by atoms with van der Waals surface area (Å²) in [5.74, 6) is 0.499. The van der Waals surface area contributed by atoms with E-state index < -0.39 is 0 Å². The number of likely N-dealkylation sites (N-methyl/N-ethyl adjacent to an activating group) is 2.